The van der Waals surface area contributed by atoms with E-state index in [9.17, 15) is 14.9 Å². The van der Waals surface area contributed by atoms with Gasteiger partial charge in [0.1, 0.15) is 0 Å². The number of nitro groups is 1. The zero-order chi connectivity index (χ0) is 19.4. The van der Waals surface area contributed by atoms with Crippen molar-refractivity contribution in [2.24, 2.45) is 5.10 Å². The van der Waals surface area contributed by atoms with Crippen LogP contribution in [0.2, 0.25) is 0 Å². The molecule has 1 heterocycles. The Labute approximate surface area is 165 Å². The highest BCUT2D eigenvalue weighted by atomic mass is 32.2. The van der Waals surface area contributed by atoms with E-state index in [0.29, 0.717) is 14.8 Å². The van der Waals surface area contributed by atoms with Gasteiger partial charge in [0.15, 0.2) is 4.32 Å². The van der Waals surface area contributed by atoms with Crippen LogP contribution in [0.3, 0.4) is 0 Å². The number of hydrazone groups is 1. The molecule has 8 heteroatoms. The van der Waals surface area contributed by atoms with Crippen molar-refractivity contribution >= 4 is 52.2 Å². The molecule has 0 unspecified atom stereocenters. The van der Waals surface area contributed by atoms with Crippen LogP contribution in [0, 0.1) is 10.1 Å². The molecule has 0 aliphatic carbocycles. The smallest absolute Gasteiger partial charge is 0.266 e. The van der Waals surface area contributed by atoms with Crippen LogP contribution >= 0.6 is 24.0 Å². The molecule has 2 aromatic carbocycles. The third-order valence-electron chi connectivity index (χ3n) is 3.89. The summed E-state index contributed by atoms with van der Waals surface area (Å²) in [6.07, 6.45) is 4.20. The number of hydrogen-bond donors (Lipinski definition) is 0. The summed E-state index contributed by atoms with van der Waals surface area (Å²) in [5.41, 5.74) is 2.78. The number of amides is 1. The second-order valence-corrected chi connectivity index (χ2v) is 7.36. The molecule has 27 heavy (non-hydrogen) atoms. The lowest BCUT2D eigenvalue weighted by atomic mass is 10.1. The second kappa shape index (κ2) is 8.24. The topological polar surface area (TPSA) is 75.8 Å². The molecular weight excluding hydrogens is 382 g/mol. The molecule has 0 atom stereocenters. The average molecular weight is 397 g/mol. The molecule has 1 saturated heterocycles. The highest BCUT2D eigenvalue weighted by Crippen LogP contribution is 2.33. The standard InChI is InChI=1S/C19H15N3O3S2/c1-2-13-3-5-15(6-4-13)12-20-21-18(23)17(27-19(21)26)11-14-7-9-16(10-8-14)22(24)25/h3-12H,2H2,1H3/b17-11+,20-12+. The lowest BCUT2D eigenvalue weighted by Crippen LogP contribution is -2.22. The predicted molar refractivity (Wildman–Crippen MR) is 112 cm³/mol. The Bertz CT molecular complexity index is 951. The Morgan fingerprint density at radius 3 is 2.37 bits per heavy atom. The summed E-state index contributed by atoms with van der Waals surface area (Å²) < 4.78 is 0.342. The van der Waals surface area contributed by atoms with Crippen molar-refractivity contribution in [2.45, 2.75) is 13.3 Å². The zero-order valence-corrected chi connectivity index (χ0v) is 16.0. The number of non-ortho nitro benzene ring substituents is 1. The number of thioether (sulfide) groups is 1. The minimum atomic E-state index is -0.467. The number of rotatable bonds is 5. The molecule has 1 amide bonds. The van der Waals surface area contributed by atoms with Gasteiger partial charge in [0.05, 0.1) is 16.0 Å². The molecule has 1 fully saturated rings. The molecule has 2 aromatic rings. The van der Waals surface area contributed by atoms with Crippen molar-refractivity contribution in [2.75, 3.05) is 0 Å². The maximum atomic E-state index is 12.5. The SMILES string of the molecule is CCc1ccc(/C=N/N2C(=O)/C(=C\c3ccc([N+](=O)[O-])cc3)SC2=S)cc1. The first-order valence-electron chi connectivity index (χ1n) is 8.13. The summed E-state index contributed by atoms with van der Waals surface area (Å²) in [5.74, 6) is -0.315. The minimum absolute atomic E-state index is 0.00149. The molecule has 0 spiro atoms. The molecule has 136 valence electrons. The van der Waals surface area contributed by atoms with E-state index in [0.717, 1.165) is 23.7 Å². The van der Waals surface area contributed by atoms with Crippen LogP contribution in [0.15, 0.2) is 58.5 Å². The van der Waals surface area contributed by atoms with Gasteiger partial charge in [-0.1, -0.05) is 43.0 Å². The van der Waals surface area contributed by atoms with Crippen LogP contribution in [0.5, 0.6) is 0 Å². The molecule has 0 aromatic heterocycles. The van der Waals surface area contributed by atoms with Crippen molar-refractivity contribution in [1.82, 2.24) is 5.01 Å². The molecule has 0 radical (unpaired) electrons. The van der Waals surface area contributed by atoms with Crippen LogP contribution in [0.4, 0.5) is 5.69 Å². The normalized spacial score (nSPS) is 15.9. The molecule has 0 bridgehead atoms. The Kier molecular flexibility index (Phi) is 5.78. The van der Waals surface area contributed by atoms with E-state index in [1.165, 1.54) is 22.7 Å². The van der Waals surface area contributed by atoms with E-state index >= 15 is 0 Å². The van der Waals surface area contributed by atoms with Crippen LogP contribution in [-0.2, 0) is 11.2 Å². The predicted octanol–water partition coefficient (Wildman–Crippen LogP) is 4.39. The highest BCUT2D eigenvalue weighted by Gasteiger charge is 2.32. The van der Waals surface area contributed by atoms with Gasteiger partial charge in [-0.05, 0) is 53.5 Å². The molecule has 0 N–H and O–H groups in total. The van der Waals surface area contributed by atoms with E-state index < -0.39 is 4.92 Å². The Morgan fingerprint density at radius 2 is 1.78 bits per heavy atom. The minimum Gasteiger partial charge on any atom is -0.266 e. The van der Waals surface area contributed by atoms with E-state index in [2.05, 4.69) is 12.0 Å². The fourth-order valence-electron chi connectivity index (χ4n) is 2.37. The molecule has 1 aliphatic heterocycles. The van der Waals surface area contributed by atoms with E-state index in [1.807, 2.05) is 24.3 Å². The van der Waals surface area contributed by atoms with Crippen molar-refractivity contribution < 1.29 is 9.72 Å². The van der Waals surface area contributed by atoms with Crippen LogP contribution in [0.25, 0.3) is 6.08 Å². The van der Waals surface area contributed by atoms with E-state index in [-0.39, 0.29) is 11.6 Å². The van der Waals surface area contributed by atoms with Crippen molar-refractivity contribution in [3.05, 3.63) is 80.2 Å². The second-order valence-electron chi connectivity index (χ2n) is 5.68. The van der Waals surface area contributed by atoms with Crippen molar-refractivity contribution in [1.29, 1.82) is 0 Å². The largest absolute Gasteiger partial charge is 0.286 e. The van der Waals surface area contributed by atoms with Gasteiger partial charge in [0.25, 0.3) is 11.6 Å². The maximum Gasteiger partial charge on any atom is 0.286 e. The summed E-state index contributed by atoms with van der Waals surface area (Å²) in [4.78, 5) is 23.2. The maximum absolute atomic E-state index is 12.5. The highest BCUT2D eigenvalue weighted by molar-refractivity contribution is 8.26. The molecule has 6 nitrogen and oxygen atoms in total. The Balaban J connectivity index is 1.75. The lowest BCUT2D eigenvalue weighted by Gasteiger charge is -2.06. The molecule has 3 rings (SSSR count). The first-order valence-corrected chi connectivity index (χ1v) is 9.35. The van der Waals surface area contributed by atoms with E-state index in [4.69, 9.17) is 12.2 Å². The van der Waals surface area contributed by atoms with Crippen molar-refractivity contribution in [3.8, 4) is 0 Å². The summed E-state index contributed by atoms with van der Waals surface area (Å²) in [6.45, 7) is 2.08. The fraction of sp³-hybridized carbons (Fsp3) is 0.105. The number of benzene rings is 2. The van der Waals surface area contributed by atoms with Gasteiger partial charge < -0.3 is 0 Å². The summed E-state index contributed by atoms with van der Waals surface area (Å²) in [6, 6.07) is 13.9. The summed E-state index contributed by atoms with van der Waals surface area (Å²) >= 11 is 6.39. The third kappa shape index (κ3) is 4.47. The fourth-order valence-corrected chi connectivity index (χ4v) is 3.54. The van der Waals surface area contributed by atoms with Crippen molar-refractivity contribution in [3.63, 3.8) is 0 Å². The molecule has 0 saturated carbocycles. The zero-order valence-electron chi connectivity index (χ0n) is 14.4. The van der Waals surface area contributed by atoms with Crippen LogP contribution in [0.1, 0.15) is 23.6 Å². The van der Waals surface area contributed by atoms with Crippen LogP contribution < -0.4 is 0 Å². The van der Waals surface area contributed by atoms with Gasteiger partial charge in [0.2, 0.25) is 0 Å². The molecule has 1 aliphatic rings. The monoisotopic (exact) mass is 397 g/mol. The number of thiocarbonyl (C=S) groups is 1. The molecular formula is C19H15N3O3S2. The Hall–Kier alpha value is -2.84. The van der Waals surface area contributed by atoms with Gasteiger partial charge >= 0.3 is 0 Å². The van der Waals surface area contributed by atoms with Crippen LogP contribution in [-0.4, -0.2) is 26.4 Å². The van der Waals surface area contributed by atoms with E-state index in [1.54, 1.807) is 24.4 Å². The first-order chi connectivity index (χ1) is 13.0. The quantitative estimate of drug-likeness (QED) is 0.246. The summed E-state index contributed by atoms with van der Waals surface area (Å²) in [7, 11) is 0. The first kappa shape index (κ1) is 18.9. The number of carbonyl (C=O) groups is 1. The average Bonchev–Trinajstić information content (AvgIpc) is 2.94. The van der Waals surface area contributed by atoms with Gasteiger partial charge in [-0.15, -0.1) is 0 Å². The Morgan fingerprint density at radius 1 is 1.15 bits per heavy atom. The number of hydrogen-bond acceptors (Lipinski definition) is 6. The lowest BCUT2D eigenvalue weighted by molar-refractivity contribution is -0.384. The number of nitro benzene ring substituents is 1. The number of aryl methyl sites for hydroxylation is 1. The number of carbonyl (C=O) groups excluding carboxylic acids is 1. The van der Waals surface area contributed by atoms with Gasteiger partial charge in [-0.3, -0.25) is 14.9 Å². The van der Waals surface area contributed by atoms with Gasteiger partial charge in [-0.2, -0.15) is 10.1 Å². The number of nitrogens with zero attached hydrogens (tertiary/aromatic N) is 3. The third-order valence-corrected chi connectivity index (χ3v) is 5.17. The van der Waals surface area contributed by atoms with Gasteiger partial charge in [-0.25, -0.2) is 0 Å². The van der Waals surface area contributed by atoms with Gasteiger partial charge in [0, 0.05) is 12.1 Å². The summed E-state index contributed by atoms with van der Waals surface area (Å²) in [5, 5.41) is 16.1.